The molecule has 3 aromatic rings. The van der Waals surface area contributed by atoms with Gasteiger partial charge in [0, 0.05) is 24.5 Å². The van der Waals surface area contributed by atoms with E-state index in [-0.39, 0.29) is 0 Å². The lowest BCUT2D eigenvalue weighted by atomic mass is 10.0. The van der Waals surface area contributed by atoms with Gasteiger partial charge in [0.2, 0.25) is 5.95 Å². The summed E-state index contributed by atoms with van der Waals surface area (Å²) in [7, 11) is 5.01. The Morgan fingerprint density at radius 2 is 1.72 bits per heavy atom. The largest absolute Gasteiger partial charge is 0.497 e. The number of fused-ring (bicyclic) bond motifs is 1. The number of methoxy groups -OCH3 is 3. The maximum Gasteiger partial charge on any atom is 0.226 e. The number of piperidine rings is 1. The van der Waals surface area contributed by atoms with Crippen LogP contribution in [-0.2, 0) is 6.42 Å². The summed E-state index contributed by atoms with van der Waals surface area (Å²) in [6.07, 6.45) is 3.11. The van der Waals surface area contributed by atoms with Crippen LogP contribution in [0.25, 0.3) is 10.9 Å². The van der Waals surface area contributed by atoms with E-state index in [1.165, 1.54) is 5.56 Å². The van der Waals surface area contributed by atoms with Crippen molar-refractivity contribution >= 4 is 16.9 Å². The van der Waals surface area contributed by atoms with Gasteiger partial charge in [-0.2, -0.15) is 0 Å². The summed E-state index contributed by atoms with van der Waals surface area (Å²) >= 11 is 0. The van der Waals surface area contributed by atoms with E-state index in [4.69, 9.17) is 24.2 Å². The first-order valence-electron chi connectivity index (χ1n) is 11.1. The molecule has 0 radical (unpaired) electrons. The van der Waals surface area contributed by atoms with E-state index in [2.05, 4.69) is 22.3 Å². The minimum absolute atomic E-state index is 0.511. The predicted octanol–water partition coefficient (Wildman–Crippen LogP) is 3.77. The standard InChI is InChI=1S/C25H32N4O3/c1-17-21-16-20(30-2)6-7-22(21)28-25(27-17)29-13-10-19(11-14-29)26-12-9-18-5-8-23(31-3)24(15-18)32-4/h5-8,15-16,19,26H,9-14H2,1-4H3. The van der Waals surface area contributed by atoms with E-state index in [9.17, 15) is 0 Å². The fourth-order valence-electron chi connectivity index (χ4n) is 4.25. The van der Waals surface area contributed by atoms with E-state index >= 15 is 0 Å². The molecule has 1 N–H and O–H groups in total. The molecule has 1 aromatic heterocycles. The van der Waals surface area contributed by atoms with Crippen LogP contribution in [0.1, 0.15) is 24.1 Å². The summed E-state index contributed by atoms with van der Waals surface area (Å²) in [4.78, 5) is 11.9. The molecule has 0 bridgehead atoms. The topological polar surface area (TPSA) is 68.7 Å². The van der Waals surface area contributed by atoms with Gasteiger partial charge in [-0.15, -0.1) is 0 Å². The second-order valence-corrected chi connectivity index (χ2v) is 8.15. The Hall–Kier alpha value is -3.06. The minimum atomic E-state index is 0.511. The fraction of sp³-hybridized carbons (Fsp3) is 0.440. The van der Waals surface area contributed by atoms with Gasteiger partial charge in [-0.1, -0.05) is 6.07 Å². The molecule has 0 unspecified atom stereocenters. The third-order valence-corrected chi connectivity index (χ3v) is 6.15. The first-order valence-corrected chi connectivity index (χ1v) is 11.1. The summed E-state index contributed by atoms with van der Waals surface area (Å²) in [5, 5.41) is 4.75. The van der Waals surface area contributed by atoms with E-state index in [0.717, 1.165) is 78.7 Å². The molecule has 1 aliphatic rings. The van der Waals surface area contributed by atoms with Crippen LogP contribution in [0.4, 0.5) is 5.95 Å². The Kier molecular flexibility index (Phi) is 6.95. The molecule has 4 rings (SSSR count). The van der Waals surface area contributed by atoms with Gasteiger partial charge in [0.1, 0.15) is 5.75 Å². The first-order chi connectivity index (χ1) is 15.6. The second kappa shape index (κ2) is 10.0. The maximum atomic E-state index is 5.40. The van der Waals surface area contributed by atoms with Crippen LogP contribution < -0.4 is 24.4 Å². The van der Waals surface area contributed by atoms with Gasteiger partial charge < -0.3 is 24.4 Å². The van der Waals surface area contributed by atoms with Crippen LogP contribution >= 0.6 is 0 Å². The first kappa shape index (κ1) is 22.1. The van der Waals surface area contributed by atoms with Crippen molar-refractivity contribution in [3.05, 3.63) is 47.7 Å². The van der Waals surface area contributed by atoms with Crippen LogP contribution in [0.5, 0.6) is 17.2 Å². The van der Waals surface area contributed by atoms with Crippen LogP contribution in [-0.4, -0.2) is 57.0 Å². The molecule has 1 aliphatic heterocycles. The third kappa shape index (κ3) is 4.88. The van der Waals surface area contributed by atoms with Crippen molar-refractivity contribution in [1.82, 2.24) is 15.3 Å². The minimum Gasteiger partial charge on any atom is -0.497 e. The molecule has 32 heavy (non-hydrogen) atoms. The van der Waals surface area contributed by atoms with Gasteiger partial charge in [-0.25, -0.2) is 9.97 Å². The zero-order valence-corrected chi connectivity index (χ0v) is 19.4. The van der Waals surface area contributed by atoms with E-state index < -0.39 is 0 Å². The van der Waals surface area contributed by atoms with Crippen LogP contribution in [0, 0.1) is 6.92 Å². The average molecular weight is 437 g/mol. The smallest absolute Gasteiger partial charge is 0.226 e. The van der Waals surface area contributed by atoms with Gasteiger partial charge in [0.25, 0.3) is 0 Å². The van der Waals surface area contributed by atoms with Crippen molar-refractivity contribution in [1.29, 1.82) is 0 Å². The number of hydrogen-bond donors (Lipinski definition) is 1. The Balaban J connectivity index is 1.31. The molecule has 2 aromatic carbocycles. The molecule has 1 saturated heterocycles. The number of aromatic nitrogens is 2. The fourth-order valence-corrected chi connectivity index (χ4v) is 4.25. The number of nitrogens with one attached hydrogen (secondary N) is 1. The Morgan fingerprint density at radius 3 is 2.44 bits per heavy atom. The number of ether oxygens (including phenoxy) is 3. The number of benzene rings is 2. The zero-order valence-electron chi connectivity index (χ0n) is 19.4. The van der Waals surface area contributed by atoms with E-state index in [0.29, 0.717) is 6.04 Å². The van der Waals surface area contributed by atoms with Gasteiger partial charge in [0.05, 0.1) is 32.5 Å². The van der Waals surface area contributed by atoms with Crippen LogP contribution in [0.2, 0.25) is 0 Å². The summed E-state index contributed by atoms with van der Waals surface area (Å²) in [6.45, 7) is 4.88. The number of hydrogen-bond acceptors (Lipinski definition) is 7. The predicted molar refractivity (Wildman–Crippen MR) is 127 cm³/mol. The van der Waals surface area contributed by atoms with Crippen molar-refractivity contribution < 1.29 is 14.2 Å². The summed E-state index contributed by atoms with van der Waals surface area (Å²) in [6, 6.07) is 12.6. The molecule has 7 heteroatoms. The van der Waals surface area contributed by atoms with Gasteiger partial charge in [-0.3, -0.25) is 0 Å². The Bertz CT molecular complexity index is 1060. The molecule has 0 aliphatic carbocycles. The molecule has 2 heterocycles. The number of aryl methyl sites for hydroxylation is 1. The summed E-state index contributed by atoms with van der Waals surface area (Å²) in [5.74, 6) is 3.20. The lowest BCUT2D eigenvalue weighted by Crippen LogP contribution is -2.43. The lowest BCUT2D eigenvalue weighted by molar-refractivity contribution is 0.354. The lowest BCUT2D eigenvalue weighted by Gasteiger charge is -2.32. The van der Waals surface area contributed by atoms with E-state index in [1.54, 1.807) is 21.3 Å². The molecule has 7 nitrogen and oxygen atoms in total. The normalized spacial score (nSPS) is 14.6. The molecule has 1 fully saturated rings. The zero-order chi connectivity index (χ0) is 22.5. The number of rotatable bonds is 8. The monoisotopic (exact) mass is 436 g/mol. The van der Waals surface area contributed by atoms with Crippen LogP contribution in [0.3, 0.4) is 0 Å². The summed E-state index contributed by atoms with van der Waals surface area (Å²) in [5.41, 5.74) is 3.19. The molecule has 0 amide bonds. The van der Waals surface area contributed by atoms with Crippen LogP contribution in [0.15, 0.2) is 36.4 Å². The molecule has 0 saturated carbocycles. The molecular formula is C25H32N4O3. The Labute approximate surface area is 189 Å². The van der Waals surface area contributed by atoms with Crippen molar-refractivity contribution in [3.63, 3.8) is 0 Å². The molecule has 0 spiro atoms. The molecular weight excluding hydrogens is 404 g/mol. The van der Waals surface area contributed by atoms with Gasteiger partial charge in [0.15, 0.2) is 11.5 Å². The van der Waals surface area contributed by atoms with Crippen molar-refractivity contribution in [2.75, 3.05) is 45.9 Å². The van der Waals surface area contributed by atoms with Gasteiger partial charge >= 0.3 is 0 Å². The highest BCUT2D eigenvalue weighted by atomic mass is 16.5. The average Bonchev–Trinajstić information content (AvgIpc) is 2.84. The van der Waals surface area contributed by atoms with Crippen molar-refractivity contribution in [2.45, 2.75) is 32.2 Å². The van der Waals surface area contributed by atoms with E-state index in [1.807, 2.05) is 31.2 Å². The Morgan fingerprint density at radius 1 is 0.938 bits per heavy atom. The molecule has 0 atom stereocenters. The maximum absolute atomic E-state index is 5.40. The molecule has 170 valence electrons. The highest BCUT2D eigenvalue weighted by Gasteiger charge is 2.21. The number of nitrogens with zero attached hydrogens (tertiary/aromatic N) is 3. The number of anilines is 1. The second-order valence-electron chi connectivity index (χ2n) is 8.15. The third-order valence-electron chi connectivity index (χ3n) is 6.15. The van der Waals surface area contributed by atoms with Crippen molar-refractivity contribution in [3.8, 4) is 17.2 Å². The SMILES string of the molecule is COc1ccc2nc(N3CCC(NCCc4ccc(OC)c(OC)c4)CC3)nc(C)c2c1. The highest BCUT2D eigenvalue weighted by molar-refractivity contribution is 5.83. The van der Waals surface area contributed by atoms with Gasteiger partial charge in [-0.05, 0) is 68.6 Å². The quantitative estimate of drug-likeness (QED) is 0.577. The summed E-state index contributed by atoms with van der Waals surface area (Å²) < 4.78 is 16.1. The van der Waals surface area contributed by atoms with Crippen molar-refractivity contribution in [2.24, 2.45) is 0 Å². The highest BCUT2D eigenvalue weighted by Crippen LogP contribution is 2.28.